The smallest absolute Gasteiger partial charge is 0.303 e. The molecule has 0 bridgehead atoms. The van der Waals surface area contributed by atoms with Gasteiger partial charge in [0.1, 0.15) is 0 Å². The molecule has 6 nitrogen and oxygen atoms in total. The summed E-state index contributed by atoms with van der Waals surface area (Å²) in [6.07, 6.45) is 2.03. The van der Waals surface area contributed by atoms with Gasteiger partial charge in [-0.05, 0) is 6.07 Å². The Hall–Kier alpha value is -2.63. The van der Waals surface area contributed by atoms with E-state index in [4.69, 9.17) is 9.52 Å². The lowest BCUT2D eigenvalue weighted by molar-refractivity contribution is -0.137. The van der Waals surface area contributed by atoms with Gasteiger partial charge in [0.2, 0.25) is 11.8 Å². The van der Waals surface area contributed by atoms with Crippen LogP contribution in [0.25, 0.3) is 22.4 Å². The summed E-state index contributed by atoms with van der Waals surface area (Å²) in [4.78, 5) is 13.6. The van der Waals surface area contributed by atoms with E-state index in [-0.39, 0.29) is 12.8 Å². The summed E-state index contributed by atoms with van der Waals surface area (Å²) in [6.45, 7) is 0. The molecule has 0 saturated carbocycles. The summed E-state index contributed by atoms with van der Waals surface area (Å²) in [5.41, 5.74) is 1.81. The molecule has 0 aliphatic heterocycles. The molecular formula is C13H11N3O3. The number of fused-ring (bicyclic) bond motifs is 1. The number of rotatable bonds is 4. The van der Waals surface area contributed by atoms with Crippen molar-refractivity contribution in [3.05, 3.63) is 36.4 Å². The second-order valence-corrected chi connectivity index (χ2v) is 4.14. The zero-order valence-electron chi connectivity index (χ0n) is 9.96. The average Bonchev–Trinajstić information content (AvgIpc) is 3.02. The van der Waals surface area contributed by atoms with Crippen molar-refractivity contribution in [2.45, 2.75) is 12.8 Å². The molecule has 3 aromatic rings. The van der Waals surface area contributed by atoms with E-state index in [1.54, 1.807) is 6.20 Å². The van der Waals surface area contributed by atoms with Gasteiger partial charge in [0.05, 0.1) is 12.0 Å². The number of H-pyrrole nitrogens is 1. The number of para-hydroxylation sites is 1. The Labute approximate surface area is 108 Å². The minimum absolute atomic E-state index is 0.0183. The first-order valence-corrected chi connectivity index (χ1v) is 5.85. The number of aromatic amines is 1. The molecule has 0 atom stereocenters. The monoisotopic (exact) mass is 257 g/mol. The van der Waals surface area contributed by atoms with Gasteiger partial charge >= 0.3 is 5.97 Å². The van der Waals surface area contributed by atoms with Gasteiger partial charge in [0, 0.05) is 23.5 Å². The van der Waals surface area contributed by atoms with Crippen LogP contribution in [0.3, 0.4) is 0 Å². The highest BCUT2D eigenvalue weighted by Gasteiger charge is 2.13. The molecule has 0 amide bonds. The number of hydrogen-bond acceptors (Lipinski definition) is 4. The average molecular weight is 257 g/mol. The number of nitrogens with one attached hydrogen (secondary N) is 1. The molecule has 2 aromatic heterocycles. The fourth-order valence-corrected chi connectivity index (χ4v) is 1.93. The number of aromatic nitrogens is 3. The van der Waals surface area contributed by atoms with Gasteiger partial charge in [0.15, 0.2) is 0 Å². The zero-order valence-corrected chi connectivity index (χ0v) is 9.96. The van der Waals surface area contributed by atoms with Crippen molar-refractivity contribution in [1.29, 1.82) is 0 Å². The molecule has 0 fully saturated rings. The highest BCUT2D eigenvalue weighted by Crippen LogP contribution is 2.27. The van der Waals surface area contributed by atoms with Gasteiger partial charge in [-0.15, -0.1) is 10.2 Å². The largest absolute Gasteiger partial charge is 0.481 e. The lowest BCUT2D eigenvalue weighted by Gasteiger charge is -1.92. The zero-order chi connectivity index (χ0) is 13.2. The highest BCUT2D eigenvalue weighted by atomic mass is 16.4. The van der Waals surface area contributed by atoms with Crippen LogP contribution in [0.5, 0.6) is 0 Å². The van der Waals surface area contributed by atoms with Crippen molar-refractivity contribution in [2.24, 2.45) is 0 Å². The summed E-state index contributed by atoms with van der Waals surface area (Å²) in [6, 6.07) is 7.79. The number of carboxylic acids is 1. The van der Waals surface area contributed by atoms with Crippen LogP contribution in [0.1, 0.15) is 12.3 Å². The predicted octanol–water partition coefficient (Wildman–Crippen LogP) is 2.24. The molecule has 0 aliphatic carbocycles. The Morgan fingerprint density at radius 3 is 3.00 bits per heavy atom. The van der Waals surface area contributed by atoms with E-state index in [0.29, 0.717) is 11.8 Å². The first kappa shape index (κ1) is 11.5. The van der Waals surface area contributed by atoms with Gasteiger partial charge in [-0.2, -0.15) is 0 Å². The molecule has 0 unspecified atom stereocenters. The predicted molar refractivity (Wildman–Crippen MR) is 67.5 cm³/mol. The molecule has 0 spiro atoms. The number of benzene rings is 1. The molecule has 6 heteroatoms. The molecule has 1 aromatic carbocycles. The number of carbonyl (C=O) groups is 1. The first-order valence-electron chi connectivity index (χ1n) is 5.85. The second-order valence-electron chi connectivity index (χ2n) is 4.14. The summed E-state index contributed by atoms with van der Waals surface area (Å²) < 4.78 is 5.48. The molecule has 0 saturated heterocycles. The van der Waals surface area contributed by atoms with Crippen molar-refractivity contribution in [3.8, 4) is 11.5 Å². The maximum absolute atomic E-state index is 10.5. The molecular weight excluding hydrogens is 246 g/mol. The summed E-state index contributed by atoms with van der Waals surface area (Å²) >= 11 is 0. The normalized spacial score (nSPS) is 10.9. The molecule has 3 rings (SSSR count). The van der Waals surface area contributed by atoms with Crippen LogP contribution in [-0.2, 0) is 11.2 Å². The highest BCUT2D eigenvalue weighted by molar-refractivity contribution is 5.93. The fraction of sp³-hybridized carbons (Fsp3) is 0.154. The quantitative estimate of drug-likeness (QED) is 0.747. The lowest BCUT2D eigenvalue weighted by Crippen LogP contribution is -1.97. The number of aryl methyl sites for hydroxylation is 1. The van der Waals surface area contributed by atoms with Crippen molar-refractivity contribution < 1.29 is 14.3 Å². The van der Waals surface area contributed by atoms with Crippen LogP contribution in [0.4, 0.5) is 0 Å². The molecule has 19 heavy (non-hydrogen) atoms. The Morgan fingerprint density at radius 1 is 1.32 bits per heavy atom. The summed E-state index contributed by atoms with van der Waals surface area (Å²) in [5.74, 6) is -0.146. The number of nitrogens with zero attached hydrogens (tertiary/aromatic N) is 2. The van der Waals surface area contributed by atoms with Gasteiger partial charge in [-0.3, -0.25) is 4.79 Å². The van der Waals surface area contributed by atoms with Gasteiger partial charge in [-0.1, -0.05) is 18.2 Å². The van der Waals surface area contributed by atoms with E-state index in [0.717, 1.165) is 16.5 Å². The van der Waals surface area contributed by atoms with E-state index >= 15 is 0 Å². The first-order chi connectivity index (χ1) is 9.24. The number of carboxylic acid groups (broad SMARTS) is 1. The molecule has 0 radical (unpaired) electrons. The van der Waals surface area contributed by atoms with Crippen molar-refractivity contribution >= 4 is 16.9 Å². The minimum atomic E-state index is -0.883. The second kappa shape index (κ2) is 4.56. The van der Waals surface area contributed by atoms with Gasteiger partial charge in [-0.25, -0.2) is 0 Å². The van der Waals surface area contributed by atoms with Crippen LogP contribution in [0, 0.1) is 0 Å². The third-order valence-corrected chi connectivity index (χ3v) is 2.84. The fourth-order valence-electron chi connectivity index (χ4n) is 1.93. The minimum Gasteiger partial charge on any atom is -0.481 e. The van der Waals surface area contributed by atoms with Crippen LogP contribution in [0.15, 0.2) is 34.9 Å². The van der Waals surface area contributed by atoms with Gasteiger partial charge in [0.25, 0.3) is 0 Å². The maximum atomic E-state index is 10.5. The van der Waals surface area contributed by atoms with E-state index in [1.807, 2.05) is 24.3 Å². The van der Waals surface area contributed by atoms with E-state index in [1.165, 1.54) is 0 Å². The van der Waals surface area contributed by atoms with Gasteiger partial charge < -0.3 is 14.5 Å². The third-order valence-electron chi connectivity index (χ3n) is 2.84. The standard InChI is InChI=1S/C13H11N3O3/c17-12(18)6-5-11-15-16-13(19-11)9-7-14-10-4-2-1-3-8(9)10/h1-4,7,14H,5-6H2,(H,17,18). The summed E-state index contributed by atoms with van der Waals surface area (Å²) in [7, 11) is 0. The Morgan fingerprint density at radius 2 is 2.16 bits per heavy atom. The Bertz CT molecular complexity index is 729. The van der Waals surface area contributed by atoms with E-state index in [2.05, 4.69) is 15.2 Å². The lowest BCUT2D eigenvalue weighted by atomic mass is 10.2. The Balaban J connectivity index is 1.92. The van der Waals surface area contributed by atoms with Crippen LogP contribution in [-0.4, -0.2) is 26.3 Å². The van der Waals surface area contributed by atoms with Crippen LogP contribution >= 0.6 is 0 Å². The Kier molecular flexibility index (Phi) is 2.75. The molecule has 96 valence electrons. The van der Waals surface area contributed by atoms with E-state index in [9.17, 15) is 4.79 Å². The summed E-state index contributed by atoms with van der Waals surface area (Å²) in [5, 5.41) is 17.4. The molecule has 2 N–H and O–H groups in total. The molecule has 2 heterocycles. The van der Waals surface area contributed by atoms with E-state index < -0.39 is 5.97 Å². The molecule has 0 aliphatic rings. The maximum Gasteiger partial charge on any atom is 0.303 e. The number of hydrogen-bond donors (Lipinski definition) is 2. The van der Waals surface area contributed by atoms with Crippen LogP contribution < -0.4 is 0 Å². The van der Waals surface area contributed by atoms with Crippen LogP contribution in [0.2, 0.25) is 0 Å². The number of aliphatic carboxylic acids is 1. The SMILES string of the molecule is O=C(O)CCc1nnc(-c2c[nH]c3ccccc23)o1. The van der Waals surface area contributed by atoms with Crippen molar-refractivity contribution in [3.63, 3.8) is 0 Å². The van der Waals surface area contributed by atoms with Crippen molar-refractivity contribution in [1.82, 2.24) is 15.2 Å². The topological polar surface area (TPSA) is 92.0 Å². The third kappa shape index (κ3) is 2.20. The van der Waals surface area contributed by atoms with Crippen molar-refractivity contribution in [2.75, 3.05) is 0 Å².